The summed E-state index contributed by atoms with van der Waals surface area (Å²) in [6, 6.07) is 11.6. The van der Waals surface area contributed by atoms with Gasteiger partial charge in [0.2, 0.25) is 0 Å². The monoisotopic (exact) mass is 355 g/mol. The first-order valence-electron chi connectivity index (χ1n) is 6.04. The van der Waals surface area contributed by atoms with Crippen LogP contribution in [0.25, 0.3) is 0 Å². The summed E-state index contributed by atoms with van der Waals surface area (Å²) in [5.41, 5.74) is 1.97. The second-order valence-electron chi connectivity index (χ2n) is 4.15. The number of hydrogen-bond acceptors (Lipinski definition) is 3. The molecule has 3 nitrogen and oxygen atoms in total. The molecule has 0 aliphatic heterocycles. The van der Waals surface area contributed by atoms with Crippen LogP contribution in [0, 0.1) is 0 Å². The number of benzene rings is 2. The third-order valence-electron chi connectivity index (χ3n) is 2.85. The lowest BCUT2D eigenvalue weighted by Gasteiger charge is -2.13. The highest BCUT2D eigenvalue weighted by Crippen LogP contribution is 2.36. The van der Waals surface area contributed by atoms with E-state index in [-0.39, 0.29) is 0 Å². The fraction of sp³-hybridized carbons (Fsp3) is 0.200. The molecule has 0 saturated heterocycles. The van der Waals surface area contributed by atoms with E-state index in [0.717, 1.165) is 15.7 Å². The van der Waals surface area contributed by atoms with Crippen LogP contribution in [0.4, 0.5) is 5.69 Å². The first kappa shape index (κ1) is 15.0. The molecule has 0 amide bonds. The van der Waals surface area contributed by atoms with Gasteiger partial charge < -0.3 is 14.8 Å². The quantitative estimate of drug-likeness (QED) is 0.840. The summed E-state index contributed by atoms with van der Waals surface area (Å²) in [5.74, 6) is 1.38. The number of anilines is 1. The van der Waals surface area contributed by atoms with Crippen LogP contribution in [0.5, 0.6) is 11.5 Å². The van der Waals surface area contributed by atoms with Gasteiger partial charge >= 0.3 is 0 Å². The van der Waals surface area contributed by atoms with Crippen LogP contribution in [0.1, 0.15) is 5.56 Å². The second-order valence-corrected chi connectivity index (χ2v) is 5.41. The van der Waals surface area contributed by atoms with Crippen LogP contribution in [0.2, 0.25) is 5.02 Å². The Morgan fingerprint density at radius 1 is 1.15 bits per heavy atom. The van der Waals surface area contributed by atoms with Crippen molar-refractivity contribution in [2.24, 2.45) is 0 Å². The Hall–Kier alpha value is -1.39. The van der Waals surface area contributed by atoms with E-state index < -0.39 is 0 Å². The Labute approximate surface area is 132 Å². The molecule has 0 aliphatic rings. The van der Waals surface area contributed by atoms with Crippen molar-refractivity contribution >= 4 is 33.2 Å². The lowest BCUT2D eigenvalue weighted by molar-refractivity contribution is 0.352. The molecule has 20 heavy (non-hydrogen) atoms. The summed E-state index contributed by atoms with van der Waals surface area (Å²) >= 11 is 9.59. The second kappa shape index (κ2) is 6.86. The lowest BCUT2D eigenvalue weighted by Crippen LogP contribution is -2.01. The van der Waals surface area contributed by atoms with Crippen molar-refractivity contribution in [3.63, 3.8) is 0 Å². The Balaban J connectivity index is 2.18. The minimum atomic E-state index is 0.642. The van der Waals surface area contributed by atoms with E-state index in [1.54, 1.807) is 14.2 Å². The predicted octanol–water partition coefficient (Wildman–Crippen LogP) is 4.73. The summed E-state index contributed by atoms with van der Waals surface area (Å²) in [6.45, 7) is 0.642. The van der Waals surface area contributed by atoms with Gasteiger partial charge in [0.1, 0.15) is 0 Å². The Morgan fingerprint density at radius 3 is 2.55 bits per heavy atom. The third-order valence-corrected chi connectivity index (χ3v) is 3.77. The van der Waals surface area contributed by atoms with Crippen molar-refractivity contribution < 1.29 is 9.47 Å². The normalized spacial score (nSPS) is 10.2. The molecule has 1 N–H and O–H groups in total. The summed E-state index contributed by atoms with van der Waals surface area (Å²) in [7, 11) is 3.24. The number of halogens is 2. The van der Waals surface area contributed by atoms with E-state index in [1.165, 1.54) is 0 Å². The smallest absolute Gasteiger partial charge is 0.174 e. The van der Waals surface area contributed by atoms with Gasteiger partial charge in [0.25, 0.3) is 0 Å². The van der Waals surface area contributed by atoms with E-state index in [0.29, 0.717) is 23.1 Å². The zero-order chi connectivity index (χ0) is 14.5. The first-order chi connectivity index (χ1) is 9.65. The highest BCUT2D eigenvalue weighted by Gasteiger charge is 2.10. The number of para-hydroxylation sites is 1. The fourth-order valence-corrected chi connectivity index (χ4v) is 2.73. The van der Waals surface area contributed by atoms with Gasteiger partial charge in [-0.3, -0.25) is 0 Å². The maximum absolute atomic E-state index is 6.11. The molecule has 0 spiro atoms. The summed E-state index contributed by atoms with van der Waals surface area (Å²) in [5, 5.41) is 4.00. The number of nitrogens with one attached hydrogen (secondary N) is 1. The zero-order valence-electron chi connectivity index (χ0n) is 11.2. The molecule has 0 atom stereocenters. The molecule has 106 valence electrons. The molecule has 0 aliphatic carbocycles. The van der Waals surface area contributed by atoms with Crippen LogP contribution in [-0.4, -0.2) is 14.2 Å². The minimum Gasteiger partial charge on any atom is -0.493 e. The van der Waals surface area contributed by atoms with Gasteiger partial charge in [0.15, 0.2) is 11.5 Å². The van der Waals surface area contributed by atoms with Crippen molar-refractivity contribution in [1.82, 2.24) is 0 Å². The first-order valence-corrected chi connectivity index (χ1v) is 7.21. The molecule has 0 radical (unpaired) electrons. The molecular formula is C15H15BrClNO2. The summed E-state index contributed by atoms with van der Waals surface area (Å²) in [4.78, 5) is 0. The predicted molar refractivity (Wildman–Crippen MR) is 86.0 cm³/mol. The fourth-order valence-electron chi connectivity index (χ4n) is 1.88. The third kappa shape index (κ3) is 3.38. The van der Waals surface area contributed by atoms with Gasteiger partial charge in [-0.05, 0) is 45.8 Å². The SMILES string of the molecule is COc1cc(CNc2ccccc2Cl)cc(Br)c1OC. The highest BCUT2D eigenvalue weighted by atomic mass is 79.9. The molecular weight excluding hydrogens is 342 g/mol. The standard InChI is InChI=1S/C15H15BrClNO2/c1-19-14-8-10(7-11(16)15(14)20-2)9-18-13-6-4-3-5-12(13)17/h3-8,18H,9H2,1-2H3. The van der Waals surface area contributed by atoms with Crippen LogP contribution >= 0.6 is 27.5 Å². The van der Waals surface area contributed by atoms with E-state index in [1.807, 2.05) is 36.4 Å². The van der Waals surface area contributed by atoms with Gasteiger partial charge in [0.05, 0.1) is 29.4 Å². The van der Waals surface area contributed by atoms with Crippen molar-refractivity contribution in [1.29, 1.82) is 0 Å². The van der Waals surface area contributed by atoms with Crippen molar-refractivity contribution in [2.75, 3.05) is 19.5 Å². The largest absolute Gasteiger partial charge is 0.493 e. The lowest BCUT2D eigenvalue weighted by atomic mass is 10.2. The zero-order valence-corrected chi connectivity index (χ0v) is 13.6. The number of rotatable bonds is 5. The van der Waals surface area contributed by atoms with Gasteiger partial charge in [0, 0.05) is 6.54 Å². The van der Waals surface area contributed by atoms with E-state index in [4.69, 9.17) is 21.1 Å². The van der Waals surface area contributed by atoms with Crippen LogP contribution in [0.15, 0.2) is 40.9 Å². The van der Waals surface area contributed by atoms with Crippen molar-refractivity contribution in [2.45, 2.75) is 6.54 Å². The average molecular weight is 357 g/mol. The highest BCUT2D eigenvalue weighted by molar-refractivity contribution is 9.10. The summed E-state index contributed by atoms with van der Waals surface area (Å²) in [6.07, 6.45) is 0. The minimum absolute atomic E-state index is 0.642. The number of hydrogen-bond donors (Lipinski definition) is 1. The van der Waals surface area contributed by atoms with Gasteiger partial charge in [-0.1, -0.05) is 23.7 Å². The topological polar surface area (TPSA) is 30.5 Å². The number of ether oxygens (including phenoxy) is 2. The Bertz CT molecular complexity index is 604. The molecule has 0 aromatic heterocycles. The van der Waals surface area contributed by atoms with Gasteiger partial charge in [-0.25, -0.2) is 0 Å². The van der Waals surface area contributed by atoms with Crippen LogP contribution < -0.4 is 14.8 Å². The summed E-state index contributed by atoms with van der Waals surface area (Å²) < 4.78 is 11.5. The molecule has 0 unspecified atom stereocenters. The average Bonchev–Trinajstić information content (AvgIpc) is 2.45. The van der Waals surface area contributed by atoms with Crippen LogP contribution in [0.3, 0.4) is 0 Å². The molecule has 2 rings (SSSR count). The van der Waals surface area contributed by atoms with E-state index in [9.17, 15) is 0 Å². The van der Waals surface area contributed by atoms with E-state index >= 15 is 0 Å². The molecule has 5 heteroatoms. The van der Waals surface area contributed by atoms with Crippen molar-refractivity contribution in [3.05, 3.63) is 51.5 Å². The molecule has 2 aromatic carbocycles. The van der Waals surface area contributed by atoms with E-state index in [2.05, 4.69) is 21.2 Å². The maximum atomic E-state index is 6.11. The number of methoxy groups -OCH3 is 2. The Morgan fingerprint density at radius 2 is 1.90 bits per heavy atom. The molecule has 2 aromatic rings. The Kier molecular flexibility index (Phi) is 5.15. The van der Waals surface area contributed by atoms with Crippen molar-refractivity contribution in [3.8, 4) is 11.5 Å². The molecule has 0 bridgehead atoms. The molecule has 0 saturated carbocycles. The molecule has 0 fully saturated rings. The van der Waals surface area contributed by atoms with Crippen LogP contribution in [-0.2, 0) is 6.54 Å². The van der Waals surface area contributed by atoms with Gasteiger partial charge in [-0.2, -0.15) is 0 Å². The maximum Gasteiger partial charge on any atom is 0.174 e. The van der Waals surface area contributed by atoms with Gasteiger partial charge in [-0.15, -0.1) is 0 Å². The molecule has 0 heterocycles.